The molecule has 0 radical (unpaired) electrons. The highest BCUT2D eigenvalue weighted by Gasteiger charge is 2.26. The number of hydrogen-bond acceptors (Lipinski definition) is 5. The molecule has 6 nitrogen and oxygen atoms in total. The van der Waals surface area contributed by atoms with E-state index in [1.54, 1.807) is 6.07 Å². The van der Waals surface area contributed by atoms with Gasteiger partial charge in [-0.25, -0.2) is 5.84 Å². The highest BCUT2D eigenvalue weighted by Crippen LogP contribution is 2.23. The van der Waals surface area contributed by atoms with Crippen LogP contribution in [0, 0.1) is 0 Å². The van der Waals surface area contributed by atoms with Gasteiger partial charge in [-0.05, 0) is 31.9 Å². The molecule has 4 N–H and O–H groups in total. The number of carbonyl (C=O) groups excluding carboxylic acids is 1. The van der Waals surface area contributed by atoms with Gasteiger partial charge in [-0.1, -0.05) is 0 Å². The molecule has 1 aromatic rings. The van der Waals surface area contributed by atoms with Crippen molar-refractivity contribution in [2.75, 3.05) is 13.2 Å². The van der Waals surface area contributed by atoms with E-state index in [1.807, 2.05) is 0 Å². The number of nitrogens with two attached hydrogens (primary N) is 1. The summed E-state index contributed by atoms with van der Waals surface area (Å²) < 4.78 is 5.36. The van der Waals surface area contributed by atoms with Gasteiger partial charge in [-0.2, -0.15) is 0 Å². The van der Waals surface area contributed by atoms with Crippen molar-refractivity contribution in [3.05, 3.63) is 23.7 Å². The van der Waals surface area contributed by atoms with Gasteiger partial charge in [0.1, 0.15) is 5.76 Å². The standard InChI is InChI=1S/C12H19N3O3/c13-14-12(17)10-4-7-18-11(10)8-15-5-1-2-9(15)3-6-16/h4,7,9,16H,1-3,5-6,8,13H2,(H,14,17). The lowest BCUT2D eigenvalue weighted by Crippen LogP contribution is -2.33. The van der Waals surface area contributed by atoms with Crippen LogP contribution in [0.2, 0.25) is 0 Å². The lowest BCUT2D eigenvalue weighted by Gasteiger charge is -2.22. The van der Waals surface area contributed by atoms with E-state index in [-0.39, 0.29) is 12.5 Å². The highest BCUT2D eigenvalue weighted by molar-refractivity contribution is 5.94. The third-order valence-electron chi connectivity index (χ3n) is 3.43. The summed E-state index contributed by atoms with van der Waals surface area (Å²) in [4.78, 5) is 13.8. The fourth-order valence-electron chi connectivity index (χ4n) is 2.51. The zero-order valence-electron chi connectivity index (χ0n) is 10.3. The second-order valence-electron chi connectivity index (χ2n) is 4.51. The summed E-state index contributed by atoms with van der Waals surface area (Å²) in [5.41, 5.74) is 2.59. The van der Waals surface area contributed by atoms with E-state index in [0.717, 1.165) is 25.8 Å². The molecule has 100 valence electrons. The Morgan fingerprint density at radius 1 is 1.67 bits per heavy atom. The predicted molar refractivity (Wildman–Crippen MR) is 65.5 cm³/mol. The van der Waals surface area contributed by atoms with Crippen LogP contribution in [0.15, 0.2) is 16.7 Å². The molecule has 1 atom stereocenters. The topological polar surface area (TPSA) is 91.7 Å². The van der Waals surface area contributed by atoms with Crippen LogP contribution < -0.4 is 11.3 Å². The Bertz CT molecular complexity index is 405. The van der Waals surface area contributed by atoms with Gasteiger partial charge < -0.3 is 9.52 Å². The molecule has 1 aromatic heterocycles. The molecule has 0 bridgehead atoms. The molecular formula is C12H19N3O3. The van der Waals surface area contributed by atoms with Crippen molar-refractivity contribution in [2.45, 2.75) is 31.8 Å². The van der Waals surface area contributed by atoms with E-state index in [1.165, 1.54) is 6.26 Å². The van der Waals surface area contributed by atoms with Crippen LogP contribution in [0.5, 0.6) is 0 Å². The number of nitrogen functional groups attached to an aromatic ring is 1. The van der Waals surface area contributed by atoms with Crippen LogP contribution in [0.3, 0.4) is 0 Å². The van der Waals surface area contributed by atoms with Crippen molar-refractivity contribution in [2.24, 2.45) is 5.84 Å². The first kappa shape index (κ1) is 13.1. The number of carbonyl (C=O) groups is 1. The minimum atomic E-state index is -0.336. The van der Waals surface area contributed by atoms with Crippen LogP contribution in [0.1, 0.15) is 35.4 Å². The summed E-state index contributed by atoms with van der Waals surface area (Å²) >= 11 is 0. The number of nitrogens with one attached hydrogen (secondary N) is 1. The molecule has 0 spiro atoms. The van der Waals surface area contributed by atoms with E-state index >= 15 is 0 Å². The molecule has 1 saturated heterocycles. The Morgan fingerprint density at radius 2 is 2.50 bits per heavy atom. The highest BCUT2D eigenvalue weighted by atomic mass is 16.3. The number of rotatable bonds is 5. The summed E-state index contributed by atoms with van der Waals surface area (Å²) in [5, 5.41) is 9.02. The van der Waals surface area contributed by atoms with Crippen LogP contribution in [-0.4, -0.2) is 35.1 Å². The van der Waals surface area contributed by atoms with Crippen molar-refractivity contribution in [1.82, 2.24) is 10.3 Å². The molecular weight excluding hydrogens is 234 g/mol. The zero-order valence-corrected chi connectivity index (χ0v) is 10.3. The summed E-state index contributed by atoms with van der Waals surface area (Å²) in [6, 6.07) is 1.99. The van der Waals surface area contributed by atoms with Gasteiger partial charge in [0.05, 0.1) is 18.4 Å². The first-order valence-corrected chi connectivity index (χ1v) is 6.18. The Labute approximate surface area is 106 Å². The molecule has 0 saturated carbocycles. The van der Waals surface area contributed by atoms with Gasteiger partial charge >= 0.3 is 0 Å². The molecule has 6 heteroatoms. The van der Waals surface area contributed by atoms with Crippen molar-refractivity contribution in [3.8, 4) is 0 Å². The van der Waals surface area contributed by atoms with E-state index < -0.39 is 0 Å². The number of furan rings is 1. The number of hydrogen-bond donors (Lipinski definition) is 3. The number of nitrogens with zero attached hydrogens (tertiary/aromatic N) is 1. The third-order valence-corrected chi connectivity index (χ3v) is 3.43. The van der Waals surface area contributed by atoms with Crippen LogP contribution in [-0.2, 0) is 6.54 Å². The maximum atomic E-state index is 11.5. The number of aliphatic hydroxyl groups excluding tert-OH is 1. The van der Waals surface area contributed by atoms with Gasteiger partial charge in [-0.15, -0.1) is 0 Å². The Morgan fingerprint density at radius 3 is 3.22 bits per heavy atom. The third kappa shape index (κ3) is 2.72. The monoisotopic (exact) mass is 253 g/mol. The fraction of sp³-hybridized carbons (Fsp3) is 0.583. The van der Waals surface area contributed by atoms with Gasteiger partial charge in [0.25, 0.3) is 5.91 Å². The molecule has 1 aliphatic heterocycles. The molecule has 1 unspecified atom stereocenters. The van der Waals surface area contributed by atoms with Crippen LogP contribution >= 0.6 is 0 Å². The largest absolute Gasteiger partial charge is 0.467 e. The van der Waals surface area contributed by atoms with Gasteiger partial charge in [0.2, 0.25) is 0 Å². The molecule has 0 aliphatic carbocycles. The summed E-state index contributed by atoms with van der Waals surface area (Å²) in [6.45, 7) is 1.74. The van der Waals surface area contributed by atoms with Crippen molar-refractivity contribution in [3.63, 3.8) is 0 Å². The van der Waals surface area contributed by atoms with Crippen molar-refractivity contribution in [1.29, 1.82) is 0 Å². The Balaban J connectivity index is 2.05. The molecule has 2 rings (SSSR count). The van der Waals surface area contributed by atoms with Gasteiger partial charge in [-0.3, -0.25) is 15.1 Å². The fourth-order valence-corrected chi connectivity index (χ4v) is 2.51. The van der Waals surface area contributed by atoms with Crippen molar-refractivity contribution < 1.29 is 14.3 Å². The quantitative estimate of drug-likeness (QED) is 0.397. The Hall–Kier alpha value is -1.37. The van der Waals surface area contributed by atoms with E-state index in [4.69, 9.17) is 15.4 Å². The molecule has 0 aromatic carbocycles. The average Bonchev–Trinajstić information content (AvgIpc) is 3.00. The molecule has 1 amide bonds. The normalized spacial score (nSPS) is 20.2. The predicted octanol–water partition coefficient (Wildman–Crippen LogP) is 0.230. The molecule has 1 fully saturated rings. The second kappa shape index (κ2) is 5.99. The minimum absolute atomic E-state index is 0.190. The SMILES string of the molecule is NNC(=O)c1ccoc1CN1CCCC1CCO. The van der Waals surface area contributed by atoms with Crippen molar-refractivity contribution >= 4 is 5.91 Å². The number of aliphatic hydroxyl groups is 1. The number of amides is 1. The van der Waals surface area contributed by atoms with E-state index in [0.29, 0.717) is 23.9 Å². The minimum Gasteiger partial charge on any atom is -0.467 e. The van der Waals surface area contributed by atoms with Crippen LogP contribution in [0.25, 0.3) is 0 Å². The van der Waals surface area contributed by atoms with Crippen LogP contribution in [0.4, 0.5) is 0 Å². The zero-order chi connectivity index (χ0) is 13.0. The second-order valence-corrected chi connectivity index (χ2v) is 4.51. The first-order chi connectivity index (χ1) is 8.76. The summed E-state index contributed by atoms with van der Waals surface area (Å²) in [5.74, 6) is 5.42. The number of likely N-dealkylation sites (tertiary alicyclic amines) is 1. The maximum absolute atomic E-state index is 11.5. The van der Waals surface area contributed by atoms with Gasteiger partial charge in [0.15, 0.2) is 0 Å². The lowest BCUT2D eigenvalue weighted by atomic mass is 10.1. The number of hydrazine groups is 1. The van der Waals surface area contributed by atoms with Gasteiger partial charge in [0, 0.05) is 12.6 Å². The molecule has 2 heterocycles. The summed E-state index contributed by atoms with van der Waals surface area (Å²) in [6.07, 6.45) is 4.46. The lowest BCUT2D eigenvalue weighted by molar-refractivity contribution is 0.0948. The maximum Gasteiger partial charge on any atom is 0.268 e. The average molecular weight is 253 g/mol. The first-order valence-electron chi connectivity index (χ1n) is 6.18. The van der Waals surface area contributed by atoms with E-state index in [9.17, 15) is 4.79 Å². The smallest absolute Gasteiger partial charge is 0.268 e. The summed E-state index contributed by atoms with van der Waals surface area (Å²) in [7, 11) is 0. The Kier molecular flexibility index (Phi) is 4.35. The molecule has 1 aliphatic rings. The van der Waals surface area contributed by atoms with E-state index in [2.05, 4.69) is 10.3 Å². The molecule has 18 heavy (non-hydrogen) atoms.